The van der Waals surface area contributed by atoms with Gasteiger partial charge in [0.25, 0.3) is 0 Å². The second kappa shape index (κ2) is 7.98. The molecule has 0 spiro atoms. The molecule has 11 heavy (non-hydrogen) atoms. The number of nitrogens with one attached hydrogen (secondary N) is 1. The number of hydroxylamine groups is 1. The van der Waals surface area contributed by atoms with E-state index in [0.717, 1.165) is 19.6 Å². The van der Waals surface area contributed by atoms with Gasteiger partial charge in [0.2, 0.25) is 0 Å². The fraction of sp³-hybridized carbons (Fsp3) is 1.00. The number of hydrogen-bond donors (Lipinski definition) is 2. The molecule has 0 aromatic heterocycles. The van der Waals surface area contributed by atoms with Crippen molar-refractivity contribution >= 4 is 0 Å². The molecule has 0 unspecified atom stereocenters. The molecule has 0 aromatic carbocycles. The Morgan fingerprint density at radius 1 is 1.09 bits per heavy atom. The van der Waals surface area contributed by atoms with Crippen molar-refractivity contribution in [3.05, 3.63) is 0 Å². The summed E-state index contributed by atoms with van der Waals surface area (Å²) in [6, 6.07) is 0. The Morgan fingerprint density at radius 3 is 2.00 bits per heavy atom. The van der Waals surface area contributed by atoms with Crippen LogP contribution in [0.4, 0.5) is 0 Å². The summed E-state index contributed by atoms with van der Waals surface area (Å²) in [5.74, 6) is 0. The van der Waals surface area contributed by atoms with E-state index in [9.17, 15) is 0 Å². The Bertz CT molecular complexity index is 72.5. The van der Waals surface area contributed by atoms with Crippen LogP contribution in [-0.4, -0.2) is 36.3 Å². The molecule has 0 amide bonds. The molecule has 68 valence electrons. The first kappa shape index (κ1) is 10.9. The van der Waals surface area contributed by atoms with Gasteiger partial charge in [0, 0.05) is 13.1 Å². The van der Waals surface area contributed by atoms with E-state index in [2.05, 4.69) is 24.2 Å². The molecule has 0 saturated heterocycles. The average molecular weight is 160 g/mol. The average Bonchev–Trinajstić information content (AvgIpc) is 2.01. The monoisotopic (exact) mass is 160 g/mol. The third kappa shape index (κ3) is 6.28. The van der Waals surface area contributed by atoms with Crippen LogP contribution in [0, 0.1) is 0 Å². The van der Waals surface area contributed by atoms with Crippen molar-refractivity contribution < 1.29 is 5.21 Å². The molecule has 0 bridgehead atoms. The van der Waals surface area contributed by atoms with Gasteiger partial charge in [-0.1, -0.05) is 13.8 Å². The van der Waals surface area contributed by atoms with Crippen LogP contribution >= 0.6 is 0 Å². The summed E-state index contributed by atoms with van der Waals surface area (Å²) in [5.41, 5.74) is 2.17. The molecule has 0 aliphatic rings. The predicted octanol–water partition coefficient (Wildman–Crippen LogP) is 1.09. The second-order valence-corrected chi connectivity index (χ2v) is 2.75. The summed E-state index contributed by atoms with van der Waals surface area (Å²) in [6.07, 6.45) is 2.37. The third-order valence-corrected chi connectivity index (χ3v) is 1.62. The summed E-state index contributed by atoms with van der Waals surface area (Å²) < 4.78 is 0. The van der Waals surface area contributed by atoms with Crippen LogP contribution in [0.3, 0.4) is 0 Å². The van der Waals surface area contributed by atoms with Crippen molar-refractivity contribution in [3.63, 3.8) is 0 Å². The summed E-state index contributed by atoms with van der Waals surface area (Å²) in [4.78, 5) is 2.35. The third-order valence-electron chi connectivity index (χ3n) is 1.62. The first-order chi connectivity index (χ1) is 5.35. The first-order valence-electron chi connectivity index (χ1n) is 4.44. The Morgan fingerprint density at radius 2 is 1.64 bits per heavy atom. The fourth-order valence-electron chi connectivity index (χ4n) is 1.18. The fourth-order valence-corrected chi connectivity index (χ4v) is 1.18. The molecule has 0 fully saturated rings. The molecule has 0 aromatic rings. The van der Waals surface area contributed by atoms with Gasteiger partial charge in [-0.3, -0.25) is 0 Å². The van der Waals surface area contributed by atoms with Crippen molar-refractivity contribution in [3.8, 4) is 0 Å². The Kier molecular flexibility index (Phi) is 7.89. The lowest BCUT2D eigenvalue weighted by molar-refractivity contribution is 0.146. The minimum Gasteiger partial charge on any atom is -0.317 e. The van der Waals surface area contributed by atoms with Gasteiger partial charge in [-0.25, -0.2) is 5.48 Å². The molecule has 0 aliphatic heterocycles. The lowest BCUT2D eigenvalue weighted by Crippen LogP contribution is -2.32. The molecular formula is C8H20N2O. The van der Waals surface area contributed by atoms with E-state index in [0.29, 0.717) is 6.54 Å². The summed E-state index contributed by atoms with van der Waals surface area (Å²) >= 11 is 0. The number of hydrogen-bond acceptors (Lipinski definition) is 3. The molecule has 0 atom stereocenters. The summed E-state index contributed by atoms with van der Waals surface area (Å²) in [6.45, 7) is 8.23. The summed E-state index contributed by atoms with van der Waals surface area (Å²) in [5, 5.41) is 8.37. The lowest BCUT2D eigenvalue weighted by Gasteiger charge is -2.19. The van der Waals surface area contributed by atoms with Gasteiger partial charge in [0.1, 0.15) is 0 Å². The van der Waals surface area contributed by atoms with Gasteiger partial charge in [0.05, 0.1) is 0 Å². The standard InChI is InChI=1S/C8H20N2O/c1-3-6-10(7-4-2)8-5-9-11/h9,11H,3-8H2,1-2H3. The SMILES string of the molecule is CCCN(CCC)CCNO. The maximum atomic E-state index is 8.37. The normalized spacial score (nSPS) is 10.9. The molecule has 0 saturated carbocycles. The van der Waals surface area contributed by atoms with Crippen LogP contribution in [0.5, 0.6) is 0 Å². The Labute approximate surface area is 69.4 Å². The van der Waals surface area contributed by atoms with Gasteiger partial charge in [-0.05, 0) is 25.9 Å². The van der Waals surface area contributed by atoms with Crippen molar-refractivity contribution in [2.45, 2.75) is 26.7 Å². The maximum Gasteiger partial charge on any atom is 0.0335 e. The van der Waals surface area contributed by atoms with Gasteiger partial charge in [-0.15, -0.1) is 0 Å². The van der Waals surface area contributed by atoms with Crippen LogP contribution in [-0.2, 0) is 0 Å². The summed E-state index contributed by atoms with van der Waals surface area (Å²) in [7, 11) is 0. The predicted molar refractivity (Wildman–Crippen MR) is 46.8 cm³/mol. The maximum absolute atomic E-state index is 8.37. The smallest absolute Gasteiger partial charge is 0.0335 e. The van der Waals surface area contributed by atoms with Crippen molar-refractivity contribution in [2.75, 3.05) is 26.2 Å². The van der Waals surface area contributed by atoms with Crippen LogP contribution in [0.2, 0.25) is 0 Å². The van der Waals surface area contributed by atoms with Gasteiger partial charge >= 0.3 is 0 Å². The van der Waals surface area contributed by atoms with E-state index in [1.165, 1.54) is 12.8 Å². The van der Waals surface area contributed by atoms with Crippen LogP contribution in [0.1, 0.15) is 26.7 Å². The van der Waals surface area contributed by atoms with Crippen molar-refractivity contribution in [1.82, 2.24) is 10.4 Å². The van der Waals surface area contributed by atoms with Gasteiger partial charge in [0.15, 0.2) is 0 Å². The Hall–Kier alpha value is -0.120. The highest BCUT2D eigenvalue weighted by molar-refractivity contribution is 4.55. The van der Waals surface area contributed by atoms with Crippen molar-refractivity contribution in [2.24, 2.45) is 0 Å². The van der Waals surface area contributed by atoms with Crippen LogP contribution in [0.15, 0.2) is 0 Å². The zero-order valence-corrected chi connectivity index (χ0v) is 7.64. The van der Waals surface area contributed by atoms with Crippen LogP contribution in [0.25, 0.3) is 0 Å². The van der Waals surface area contributed by atoms with Crippen molar-refractivity contribution in [1.29, 1.82) is 0 Å². The second-order valence-electron chi connectivity index (χ2n) is 2.75. The van der Waals surface area contributed by atoms with E-state index >= 15 is 0 Å². The number of rotatable bonds is 7. The molecular weight excluding hydrogens is 140 g/mol. The zero-order chi connectivity index (χ0) is 8.53. The highest BCUT2D eigenvalue weighted by Crippen LogP contribution is 1.92. The van der Waals surface area contributed by atoms with Crippen LogP contribution < -0.4 is 5.48 Å². The molecule has 2 N–H and O–H groups in total. The Balaban J connectivity index is 3.34. The molecule has 0 rings (SSSR count). The minimum atomic E-state index is 0.667. The topological polar surface area (TPSA) is 35.5 Å². The molecule has 0 radical (unpaired) electrons. The molecule has 3 nitrogen and oxygen atoms in total. The van der Waals surface area contributed by atoms with E-state index in [1.807, 2.05) is 0 Å². The van der Waals surface area contributed by atoms with Gasteiger partial charge < -0.3 is 10.1 Å². The highest BCUT2D eigenvalue weighted by atomic mass is 16.5. The minimum absolute atomic E-state index is 0.667. The molecule has 0 heterocycles. The quantitative estimate of drug-likeness (QED) is 0.547. The van der Waals surface area contributed by atoms with Gasteiger partial charge in [-0.2, -0.15) is 0 Å². The number of nitrogens with zero attached hydrogens (tertiary/aromatic N) is 1. The highest BCUT2D eigenvalue weighted by Gasteiger charge is 1.99. The first-order valence-corrected chi connectivity index (χ1v) is 4.44. The van der Waals surface area contributed by atoms with E-state index in [4.69, 9.17) is 5.21 Å². The largest absolute Gasteiger partial charge is 0.317 e. The van der Waals surface area contributed by atoms with E-state index in [1.54, 1.807) is 0 Å². The molecule has 0 aliphatic carbocycles. The van der Waals surface area contributed by atoms with E-state index in [-0.39, 0.29) is 0 Å². The van der Waals surface area contributed by atoms with E-state index < -0.39 is 0 Å². The zero-order valence-electron chi connectivity index (χ0n) is 7.64. The molecule has 3 heteroatoms. The lowest BCUT2D eigenvalue weighted by atomic mass is 10.3.